The molecule has 0 bridgehead atoms. The Kier molecular flexibility index (Phi) is 4.19. The third-order valence-corrected chi connectivity index (χ3v) is 2.88. The van der Waals surface area contributed by atoms with E-state index in [9.17, 15) is 9.90 Å². The summed E-state index contributed by atoms with van der Waals surface area (Å²) < 4.78 is 6.71. The first-order chi connectivity index (χ1) is 9.13. The van der Waals surface area contributed by atoms with Gasteiger partial charge in [-0.1, -0.05) is 11.6 Å². The molecule has 100 valence electrons. The van der Waals surface area contributed by atoms with Crippen molar-refractivity contribution in [2.75, 3.05) is 6.61 Å². The van der Waals surface area contributed by atoms with Gasteiger partial charge in [0.2, 0.25) is 5.78 Å². The van der Waals surface area contributed by atoms with Crippen LogP contribution in [0.4, 0.5) is 0 Å². The lowest BCUT2D eigenvalue weighted by atomic mass is 10.1. The predicted octanol–water partition coefficient (Wildman–Crippen LogP) is 2.47. The van der Waals surface area contributed by atoms with Gasteiger partial charge in [-0.3, -0.25) is 4.79 Å². The van der Waals surface area contributed by atoms with E-state index in [1.807, 2.05) is 6.92 Å². The van der Waals surface area contributed by atoms with Gasteiger partial charge in [0, 0.05) is 18.4 Å². The second-order valence-electron chi connectivity index (χ2n) is 3.83. The van der Waals surface area contributed by atoms with Gasteiger partial charge in [-0.2, -0.15) is 5.10 Å². The van der Waals surface area contributed by atoms with E-state index >= 15 is 0 Å². The van der Waals surface area contributed by atoms with Crippen LogP contribution in [0.25, 0.3) is 0 Å². The van der Waals surface area contributed by atoms with Gasteiger partial charge >= 0.3 is 0 Å². The Morgan fingerprint density at radius 1 is 1.47 bits per heavy atom. The van der Waals surface area contributed by atoms with Crippen LogP contribution >= 0.6 is 11.6 Å². The fraction of sp³-hybridized carbons (Fsp3) is 0.231. The highest BCUT2D eigenvalue weighted by molar-refractivity contribution is 6.32. The number of ketones is 1. The molecule has 6 heteroatoms. The molecular weight excluding hydrogens is 268 g/mol. The summed E-state index contributed by atoms with van der Waals surface area (Å²) in [5.74, 6) is -0.278. The quantitative estimate of drug-likeness (QED) is 0.855. The van der Waals surface area contributed by atoms with Crippen LogP contribution < -0.4 is 0 Å². The summed E-state index contributed by atoms with van der Waals surface area (Å²) in [5, 5.41) is 13.5. The van der Waals surface area contributed by atoms with E-state index in [1.54, 1.807) is 6.07 Å². The Bertz CT molecular complexity index is 595. The van der Waals surface area contributed by atoms with Crippen molar-refractivity contribution in [3.05, 3.63) is 46.7 Å². The monoisotopic (exact) mass is 280 g/mol. The number of halogens is 1. The number of rotatable bonds is 5. The number of aromatic nitrogens is 2. The minimum atomic E-state index is -0.223. The zero-order valence-electron chi connectivity index (χ0n) is 10.3. The van der Waals surface area contributed by atoms with E-state index in [-0.39, 0.29) is 23.3 Å². The van der Waals surface area contributed by atoms with Crippen LogP contribution in [-0.2, 0) is 11.5 Å². The minimum Gasteiger partial charge on any atom is -0.506 e. The first kappa shape index (κ1) is 13.6. The predicted molar refractivity (Wildman–Crippen MR) is 70.4 cm³/mol. The fourth-order valence-corrected chi connectivity index (χ4v) is 1.78. The molecule has 2 aromatic rings. The van der Waals surface area contributed by atoms with E-state index in [2.05, 4.69) is 5.10 Å². The zero-order chi connectivity index (χ0) is 13.8. The third kappa shape index (κ3) is 2.94. The topological polar surface area (TPSA) is 64.4 Å². The van der Waals surface area contributed by atoms with Gasteiger partial charge in [0.25, 0.3) is 0 Å². The molecule has 0 spiro atoms. The molecule has 0 atom stereocenters. The maximum Gasteiger partial charge on any atom is 0.211 e. The van der Waals surface area contributed by atoms with Gasteiger partial charge in [-0.05, 0) is 31.2 Å². The van der Waals surface area contributed by atoms with Gasteiger partial charge in [0.15, 0.2) is 0 Å². The zero-order valence-corrected chi connectivity index (χ0v) is 11.1. The first-order valence-electron chi connectivity index (χ1n) is 5.76. The molecule has 1 aromatic carbocycles. The molecule has 0 aliphatic carbocycles. The number of carbonyl (C=O) groups is 1. The van der Waals surface area contributed by atoms with E-state index in [1.165, 1.54) is 29.1 Å². The van der Waals surface area contributed by atoms with Crippen LogP contribution in [0.15, 0.2) is 30.5 Å². The molecule has 0 fully saturated rings. The number of phenolic OH excluding ortho intramolecular Hbond substituents is 1. The molecule has 1 N–H and O–H groups in total. The van der Waals surface area contributed by atoms with E-state index in [0.29, 0.717) is 17.9 Å². The molecule has 0 amide bonds. The second-order valence-corrected chi connectivity index (χ2v) is 4.24. The van der Waals surface area contributed by atoms with Gasteiger partial charge in [-0.25, -0.2) is 4.68 Å². The summed E-state index contributed by atoms with van der Waals surface area (Å²) in [4.78, 5) is 12.3. The lowest BCUT2D eigenvalue weighted by Gasteiger charge is -2.07. The number of hydrogen-bond donors (Lipinski definition) is 1. The molecule has 19 heavy (non-hydrogen) atoms. The number of benzene rings is 1. The van der Waals surface area contributed by atoms with E-state index < -0.39 is 0 Å². The average molecular weight is 281 g/mol. The van der Waals surface area contributed by atoms with Crippen LogP contribution in [-0.4, -0.2) is 27.3 Å². The van der Waals surface area contributed by atoms with Crippen molar-refractivity contribution in [1.29, 1.82) is 0 Å². The second kappa shape index (κ2) is 5.86. The summed E-state index contributed by atoms with van der Waals surface area (Å²) in [6.07, 6.45) is 1.54. The van der Waals surface area contributed by atoms with Crippen LogP contribution in [0.5, 0.6) is 5.75 Å². The summed E-state index contributed by atoms with van der Waals surface area (Å²) in [6.45, 7) is 2.62. The Morgan fingerprint density at radius 3 is 2.95 bits per heavy atom. The largest absolute Gasteiger partial charge is 0.506 e. The average Bonchev–Trinajstić information content (AvgIpc) is 2.87. The molecule has 0 aliphatic heterocycles. The molecule has 1 heterocycles. The van der Waals surface area contributed by atoms with Gasteiger partial charge < -0.3 is 9.84 Å². The molecular formula is C13H13ClN2O3. The third-order valence-electron chi connectivity index (χ3n) is 2.58. The Hall–Kier alpha value is -1.85. The molecule has 0 unspecified atom stereocenters. The fourth-order valence-electron chi connectivity index (χ4n) is 1.60. The summed E-state index contributed by atoms with van der Waals surface area (Å²) in [6, 6.07) is 5.94. The molecule has 0 aliphatic rings. The van der Waals surface area contributed by atoms with Crippen molar-refractivity contribution in [2.45, 2.75) is 13.7 Å². The van der Waals surface area contributed by atoms with Crippen LogP contribution in [0, 0.1) is 0 Å². The molecule has 5 nitrogen and oxygen atoms in total. The molecule has 0 saturated heterocycles. The number of hydrogen-bond acceptors (Lipinski definition) is 4. The number of ether oxygens (including phenoxy) is 1. The highest BCUT2D eigenvalue weighted by Crippen LogP contribution is 2.24. The standard InChI is InChI=1S/C13H13ClN2O3/c1-2-19-8-16-11(5-6-15-16)13(18)9-3-4-12(17)10(14)7-9/h3-7,17H,2,8H2,1H3. The van der Waals surface area contributed by atoms with Crippen molar-refractivity contribution in [3.8, 4) is 5.75 Å². The van der Waals surface area contributed by atoms with Crippen molar-refractivity contribution in [2.24, 2.45) is 0 Å². The van der Waals surface area contributed by atoms with Crippen LogP contribution in [0.3, 0.4) is 0 Å². The molecule has 1 aromatic heterocycles. The number of aromatic hydroxyl groups is 1. The number of carbonyl (C=O) groups excluding carboxylic acids is 1. The maximum atomic E-state index is 12.3. The normalized spacial score (nSPS) is 10.6. The van der Waals surface area contributed by atoms with Gasteiger partial charge in [-0.15, -0.1) is 0 Å². The summed E-state index contributed by atoms with van der Waals surface area (Å²) in [5.41, 5.74) is 0.802. The Morgan fingerprint density at radius 2 is 2.26 bits per heavy atom. The van der Waals surface area contributed by atoms with E-state index in [0.717, 1.165) is 0 Å². The Balaban J connectivity index is 2.28. The number of phenols is 1. The van der Waals surface area contributed by atoms with Crippen molar-refractivity contribution < 1.29 is 14.6 Å². The lowest BCUT2D eigenvalue weighted by molar-refractivity contribution is 0.0744. The van der Waals surface area contributed by atoms with E-state index in [4.69, 9.17) is 16.3 Å². The highest BCUT2D eigenvalue weighted by Gasteiger charge is 2.15. The Labute approximate surface area is 115 Å². The van der Waals surface area contributed by atoms with Crippen molar-refractivity contribution >= 4 is 17.4 Å². The molecule has 0 saturated carbocycles. The maximum absolute atomic E-state index is 12.3. The van der Waals surface area contributed by atoms with Crippen molar-refractivity contribution in [3.63, 3.8) is 0 Å². The van der Waals surface area contributed by atoms with Crippen LogP contribution in [0.2, 0.25) is 5.02 Å². The smallest absolute Gasteiger partial charge is 0.211 e. The molecule has 2 rings (SSSR count). The van der Waals surface area contributed by atoms with Crippen LogP contribution in [0.1, 0.15) is 23.0 Å². The summed E-state index contributed by atoms with van der Waals surface area (Å²) in [7, 11) is 0. The summed E-state index contributed by atoms with van der Waals surface area (Å²) >= 11 is 5.79. The van der Waals surface area contributed by atoms with Crippen molar-refractivity contribution in [1.82, 2.24) is 9.78 Å². The lowest BCUT2D eigenvalue weighted by Crippen LogP contribution is -2.13. The van der Waals surface area contributed by atoms with Gasteiger partial charge in [0.1, 0.15) is 18.2 Å². The van der Waals surface area contributed by atoms with Gasteiger partial charge in [0.05, 0.1) is 5.02 Å². The minimum absolute atomic E-state index is 0.0546. The first-order valence-corrected chi connectivity index (χ1v) is 6.14. The SMILES string of the molecule is CCOCn1nccc1C(=O)c1ccc(O)c(Cl)c1. The number of nitrogens with zero attached hydrogens (tertiary/aromatic N) is 2. The molecule has 0 radical (unpaired) electrons. The highest BCUT2D eigenvalue weighted by atomic mass is 35.5.